The monoisotopic (exact) mass is 273 g/mol. The number of aliphatic hydroxyl groups is 1. The van der Waals surface area contributed by atoms with Crippen molar-refractivity contribution in [1.29, 1.82) is 0 Å². The van der Waals surface area contributed by atoms with Gasteiger partial charge < -0.3 is 19.1 Å². The SMILES string of the molecule is COc1cc2c(cc(C(O)OC)n2C)c(Cl)c1F. The van der Waals surface area contributed by atoms with Crippen LogP contribution in [0.3, 0.4) is 0 Å². The van der Waals surface area contributed by atoms with Gasteiger partial charge in [-0.15, -0.1) is 0 Å². The van der Waals surface area contributed by atoms with Gasteiger partial charge in [0.25, 0.3) is 0 Å². The quantitative estimate of drug-likeness (QED) is 0.874. The zero-order chi connectivity index (χ0) is 13.4. The molecule has 0 fully saturated rings. The summed E-state index contributed by atoms with van der Waals surface area (Å²) < 4.78 is 25.2. The van der Waals surface area contributed by atoms with E-state index >= 15 is 0 Å². The number of rotatable bonds is 3. The molecule has 18 heavy (non-hydrogen) atoms. The van der Waals surface area contributed by atoms with E-state index in [0.29, 0.717) is 16.6 Å². The van der Waals surface area contributed by atoms with E-state index in [-0.39, 0.29) is 10.8 Å². The average Bonchev–Trinajstić information content (AvgIpc) is 2.70. The van der Waals surface area contributed by atoms with Crippen LogP contribution in [-0.2, 0) is 11.8 Å². The molecule has 1 aromatic heterocycles. The van der Waals surface area contributed by atoms with Crippen LogP contribution in [0.1, 0.15) is 12.0 Å². The van der Waals surface area contributed by atoms with Crippen LogP contribution in [0.5, 0.6) is 5.75 Å². The van der Waals surface area contributed by atoms with Gasteiger partial charge in [0.2, 0.25) is 0 Å². The molecule has 0 saturated heterocycles. The Bertz CT molecular complexity index is 597. The average molecular weight is 274 g/mol. The Balaban J connectivity index is 2.76. The minimum absolute atomic E-state index is 0.0329. The number of hydrogen-bond donors (Lipinski definition) is 1. The van der Waals surface area contributed by atoms with Gasteiger partial charge in [-0.25, -0.2) is 4.39 Å². The normalized spacial score (nSPS) is 13.0. The molecule has 1 N–H and O–H groups in total. The predicted molar refractivity (Wildman–Crippen MR) is 66.4 cm³/mol. The summed E-state index contributed by atoms with van der Waals surface area (Å²) in [5.41, 5.74) is 1.14. The molecule has 2 rings (SSSR count). The van der Waals surface area contributed by atoms with Crippen molar-refractivity contribution in [3.63, 3.8) is 0 Å². The second-order valence-corrected chi connectivity index (χ2v) is 4.23. The Labute approximate surface area is 108 Å². The Kier molecular flexibility index (Phi) is 3.47. The van der Waals surface area contributed by atoms with Crippen LogP contribution in [0.25, 0.3) is 10.9 Å². The fourth-order valence-electron chi connectivity index (χ4n) is 1.91. The number of aliphatic hydroxyl groups excluding tert-OH is 1. The van der Waals surface area contributed by atoms with Crippen LogP contribution in [0.2, 0.25) is 5.02 Å². The molecule has 0 bridgehead atoms. The lowest BCUT2D eigenvalue weighted by atomic mass is 10.2. The third-order valence-electron chi connectivity index (χ3n) is 2.93. The summed E-state index contributed by atoms with van der Waals surface area (Å²) >= 11 is 5.95. The zero-order valence-corrected chi connectivity index (χ0v) is 11.0. The number of aromatic nitrogens is 1. The molecule has 0 saturated carbocycles. The van der Waals surface area contributed by atoms with Crippen molar-refractivity contribution in [2.45, 2.75) is 6.29 Å². The lowest BCUT2D eigenvalue weighted by Crippen LogP contribution is -2.05. The highest BCUT2D eigenvalue weighted by molar-refractivity contribution is 6.35. The first-order valence-corrected chi connectivity index (χ1v) is 5.61. The number of ether oxygens (including phenoxy) is 2. The lowest BCUT2D eigenvalue weighted by molar-refractivity contribution is -0.0813. The van der Waals surface area contributed by atoms with Crippen molar-refractivity contribution >= 4 is 22.5 Å². The predicted octanol–water partition coefficient (Wildman–Crippen LogP) is 2.62. The van der Waals surface area contributed by atoms with Crippen LogP contribution in [0.15, 0.2) is 12.1 Å². The van der Waals surface area contributed by atoms with Gasteiger partial charge in [-0.1, -0.05) is 11.6 Å². The van der Waals surface area contributed by atoms with Gasteiger partial charge in [0.05, 0.1) is 23.3 Å². The summed E-state index contributed by atoms with van der Waals surface area (Å²) in [4.78, 5) is 0. The first-order chi connectivity index (χ1) is 8.51. The summed E-state index contributed by atoms with van der Waals surface area (Å²) in [5, 5.41) is 10.2. The van der Waals surface area contributed by atoms with E-state index in [1.807, 2.05) is 0 Å². The number of fused-ring (bicyclic) bond motifs is 1. The highest BCUT2D eigenvalue weighted by Gasteiger charge is 2.19. The highest BCUT2D eigenvalue weighted by Crippen LogP contribution is 2.36. The van der Waals surface area contributed by atoms with Crippen LogP contribution >= 0.6 is 11.6 Å². The van der Waals surface area contributed by atoms with Gasteiger partial charge in [0.15, 0.2) is 17.9 Å². The number of hydrogen-bond acceptors (Lipinski definition) is 3. The molecule has 0 aliphatic heterocycles. The molecule has 98 valence electrons. The lowest BCUT2D eigenvalue weighted by Gasteiger charge is -2.10. The largest absolute Gasteiger partial charge is 0.494 e. The highest BCUT2D eigenvalue weighted by atomic mass is 35.5. The maximum Gasteiger partial charge on any atom is 0.196 e. The Hall–Kier alpha value is -1.30. The topological polar surface area (TPSA) is 43.6 Å². The van der Waals surface area contributed by atoms with Gasteiger partial charge in [-0.2, -0.15) is 0 Å². The number of nitrogens with zero attached hydrogens (tertiary/aromatic N) is 1. The Morgan fingerprint density at radius 2 is 2.06 bits per heavy atom. The van der Waals surface area contributed by atoms with E-state index in [0.717, 1.165) is 0 Å². The molecular weight excluding hydrogens is 261 g/mol. The number of aryl methyl sites for hydroxylation is 1. The van der Waals surface area contributed by atoms with E-state index < -0.39 is 12.1 Å². The maximum atomic E-state index is 13.8. The van der Waals surface area contributed by atoms with Crippen LogP contribution in [0.4, 0.5) is 4.39 Å². The van der Waals surface area contributed by atoms with E-state index in [2.05, 4.69) is 0 Å². The Morgan fingerprint density at radius 3 is 2.61 bits per heavy atom. The molecule has 1 heterocycles. The third-order valence-corrected chi connectivity index (χ3v) is 3.30. The van der Waals surface area contributed by atoms with Crippen molar-refractivity contribution < 1.29 is 19.0 Å². The van der Waals surface area contributed by atoms with Crippen LogP contribution in [0, 0.1) is 5.82 Å². The van der Waals surface area contributed by atoms with Gasteiger partial charge in [-0.3, -0.25) is 0 Å². The third kappa shape index (κ3) is 1.84. The minimum Gasteiger partial charge on any atom is -0.494 e. The first-order valence-electron chi connectivity index (χ1n) is 5.23. The molecular formula is C12H13ClFNO3. The molecule has 0 spiro atoms. The maximum absolute atomic E-state index is 13.8. The van der Waals surface area contributed by atoms with Crippen molar-refractivity contribution in [2.24, 2.45) is 7.05 Å². The summed E-state index contributed by atoms with van der Waals surface area (Å²) in [6.45, 7) is 0. The van der Waals surface area contributed by atoms with Crippen LogP contribution in [-0.4, -0.2) is 23.9 Å². The minimum atomic E-state index is -1.09. The molecule has 6 heteroatoms. The molecule has 2 aromatic rings. The number of halogens is 2. The smallest absolute Gasteiger partial charge is 0.196 e. The number of methoxy groups -OCH3 is 2. The van der Waals surface area contributed by atoms with Crippen molar-refractivity contribution in [3.8, 4) is 5.75 Å². The van der Waals surface area contributed by atoms with E-state index in [1.165, 1.54) is 20.3 Å². The summed E-state index contributed by atoms with van der Waals surface area (Å²) in [6.07, 6.45) is -1.09. The van der Waals surface area contributed by atoms with Gasteiger partial charge in [0.1, 0.15) is 0 Å². The molecule has 4 nitrogen and oxygen atoms in total. The van der Waals surface area contributed by atoms with Crippen LogP contribution < -0.4 is 4.74 Å². The van der Waals surface area contributed by atoms with Gasteiger partial charge in [0, 0.05) is 25.6 Å². The van der Waals surface area contributed by atoms with Crippen molar-refractivity contribution in [2.75, 3.05) is 14.2 Å². The molecule has 1 atom stereocenters. The molecule has 0 radical (unpaired) electrons. The molecule has 0 aliphatic carbocycles. The fraction of sp³-hybridized carbons (Fsp3) is 0.333. The van der Waals surface area contributed by atoms with Crippen molar-refractivity contribution in [3.05, 3.63) is 28.7 Å². The molecule has 1 unspecified atom stereocenters. The van der Waals surface area contributed by atoms with E-state index in [4.69, 9.17) is 21.1 Å². The second kappa shape index (κ2) is 4.76. The van der Waals surface area contributed by atoms with E-state index in [9.17, 15) is 9.50 Å². The summed E-state index contributed by atoms with van der Waals surface area (Å²) in [6, 6.07) is 3.12. The summed E-state index contributed by atoms with van der Waals surface area (Å²) in [5.74, 6) is -0.553. The first kappa shape index (κ1) is 13.1. The molecule has 0 aliphatic rings. The summed E-state index contributed by atoms with van der Waals surface area (Å²) in [7, 11) is 4.48. The molecule has 1 aromatic carbocycles. The molecule has 0 amide bonds. The standard InChI is InChI=1S/C12H13ClFNO3/c1-15-7-5-9(17-2)11(14)10(13)6(7)4-8(15)12(16)18-3/h4-5,12,16H,1-3H3. The fourth-order valence-corrected chi connectivity index (χ4v) is 2.15. The van der Waals surface area contributed by atoms with E-state index in [1.54, 1.807) is 17.7 Å². The van der Waals surface area contributed by atoms with Gasteiger partial charge in [-0.05, 0) is 6.07 Å². The number of benzene rings is 1. The zero-order valence-electron chi connectivity index (χ0n) is 10.2. The van der Waals surface area contributed by atoms with Gasteiger partial charge >= 0.3 is 0 Å². The second-order valence-electron chi connectivity index (χ2n) is 3.86. The van der Waals surface area contributed by atoms with Crippen molar-refractivity contribution in [1.82, 2.24) is 4.57 Å². The Morgan fingerprint density at radius 1 is 1.39 bits per heavy atom.